The maximum atomic E-state index is 11.6. The second-order valence-corrected chi connectivity index (χ2v) is 8.48. The molecule has 0 fully saturated rings. The molecule has 1 aliphatic heterocycles. The maximum absolute atomic E-state index is 11.6. The minimum atomic E-state index is -3.69. The number of hydrogen-bond donors (Lipinski definition) is 1. The zero-order valence-corrected chi connectivity index (χ0v) is 15.6. The molecule has 2 aromatic carbocycles. The Morgan fingerprint density at radius 1 is 1.17 bits per heavy atom. The van der Waals surface area contributed by atoms with Crippen LogP contribution in [0.1, 0.15) is 11.1 Å². The number of sulfonamides is 1. The zero-order chi connectivity index (χ0) is 17.5. The second-order valence-electron chi connectivity index (χ2n) is 6.07. The standard InChI is InChI=1S/C17H21N3O2S2/c1-12-8-14(4-7-17(12)23-3)20-11-19(2)10-13-9-15(24(18,21)22)5-6-16(13)20/h4-9H,10-11H2,1-3H3,(H2,18,21,22). The molecule has 0 radical (unpaired) electrons. The minimum Gasteiger partial charge on any atom is -0.328 e. The van der Waals surface area contributed by atoms with E-state index in [-0.39, 0.29) is 4.90 Å². The molecule has 24 heavy (non-hydrogen) atoms. The molecule has 0 atom stereocenters. The highest BCUT2D eigenvalue weighted by Crippen LogP contribution is 2.36. The van der Waals surface area contributed by atoms with Crippen molar-refractivity contribution in [1.29, 1.82) is 0 Å². The minimum absolute atomic E-state index is 0.158. The van der Waals surface area contributed by atoms with Crippen LogP contribution in [-0.2, 0) is 16.6 Å². The molecule has 0 saturated carbocycles. The van der Waals surface area contributed by atoms with Gasteiger partial charge in [-0.3, -0.25) is 4.90 Å². The van der Waals surface area contributed by atoms with Crippen molar-refractivity contribution < 1.29 is 8.42 Å². The van der Waals surface area contributed by atoms with Crippen LogP contribution in [0.25, 0.3) is 0 Å². The van der Waals surface area contributed by atoms with Gasteiger partial charge >= 0.3 is 0 Å². The Morgan fingerprint density at radius 2 is 1.92 bits per heavy atom. The predicted molar refractivity (Wildman–Crippen MR) is 99.2 cm³/mol. The third kappa shape index (κ3) is 3.30. The van der Waals surface area contributed by atoms with Gasteiger partial charge in [-0.2, -0.15) is 0 Å². The van der Waals surface area contributed by atoms with Crippen LogP contribution in [0.3, 0.4) is 0 Å². The lowest BCUT2D eigenvalue weighted by Crippen LogP contribution is -2.37. The number of rotatable bonds is 3. The van der Waals surface area contributed by atoms with Gasteiger partial charge in [-0.25, -0.2) is 13.6 Å². The monoisotopic (exact) mass is 363 g/mol. The molecule has 1 heterocycles. The van der Waals surface area contributed by atoms with E-state index in [4.69, 9.17) is 5.14 Å². The van der Waals surface area contributed by atoms with Gasteiger partial charge in [0.1, 0.15) is 0 Å². The van der Waals surface area contributed by atoms with Crippen LogP contribution < -0.4 is 10.0 Å². The normalized spacial score (nSPS) is 15.4. The Bertz CT molecular complexity index is 881. The van der Waals surface area contributed by atoms with Gasteiger partial charge in [0.25, 0.3) is 0 Å². The van der Waals surface area contributed by atoms with Crippen molar-refractivity contribution in [2.24, 2.45) is 5.14 Å². The lowest BCUT2D eigenvalue weighted by Gasteiger charge is -2.37. The zero-order valence-electron chi connectivity index (χ0n) is 14.0. The molecule has 0 amide bonds. The van der Waals surface area contributed by atoms with Gasteiger partial charge in [-0.15, -0.1) is 11.8 Å². The van der Waals surface area contributed by atoms with Crippen molar-refractivity contribution in [3.63, 3.8) is 0 Å². The fraction of sp³-hybridized carbons (Fsp3) is 0.294. The highest BCUT2D eigenvalue weighted by Gasteiger charge is 2.23. The number of primary sulfonamides is 1. The molecule has 7 heteroatoms. The number of fused-ring (bicyclic) bond motifs is 1. The molecule has 0 saturated heterocycles. The lowest BCUT2D eigenvalue weighted by atomic mass is 10.1. The first-order valence-electron chi connectivity index (χ1n) is 7.56. The average molecular weight is 364 g/mol. The maximum Gasteiger partial charge on any atom is 0.238 e. The Hall–Kier alpha value is -1.54. The Kier molecular flexibility index (Phi) is 4.61. The first-order valence-corrected chi connectivity index (χ1v) is 10.3. The Morgan fingerprint density at radius 3 is 2.54 bits per heavy atom. The summed E-state index contributed by atoms with van der Waals surface area (Å²) in [6, 6.07) is 11.5. The summed E-state index contributed by atoms with van der Waals surface area (Å²) >= 11 is 1.73. The molecule has 0 unspecified atom stereocenters. The molecule has 2 aromatic rings. The first-order chi connectivity index (χ1) is 11.3. The van der Waals surface area contributed by atoms with E-state index in [1.165, 1.54) is 10.5 Å². The van der Waals surface area contributed by atoms with Crippen molar-refractivity contribution in [2.45, 2.75) is 23.3 Å². The topological polar surface area (TPSA) is 66.6 Å². The summed E-state index contributed by atoms with van der Waals surface area (Å²) in [7, 11) is -1.67. The van der Waals surface area contributed by atoms with Gasteiger partial charge in [0.15, 0.2) is 0 Å². The SMILES string of the molecule is CSc1ccc(N2CN(C)Cc3cc(S(N)(=O)=O)ccc32)cc1C. The summed E-state index contributed by atoms with van der Waals surface area (Å²) in [5.41, 5.74) is 4.32. The number of nitrogens with two attached hydrogens (primary N) is 1. The fourth-order valence-corrected chi connectivity index (χ4v) is 4.19. The molecule has 3 rings (SSSR count). The summed E-state index contributed by atoms with van der Waals surface area (Å²) < 4.78 is 23.2. The second kappa shape index (κ2) is 6.40. The van der Waals surface area contributed by atoms with Gasteiger partial charge in [0, 0.05) is 22.8 Å². The fourth-order valence-electron chi connectivity index (χ4n) is 3.04. The van der Waals surface area contributed by atoms with Crippen molar-refractivity contribution in [1.82, 2.24) is 4.90 Å². The molecular weight excluding hydrogens is 342 g/mol. The van der Waals surface area contributed by atoms with Crippen LogP contribution >= 0.6 is 11.8 Å². The van der Waals surface area contributed by atoms with E-state index in [1.807, 2.05) is 13.1 Å². The van der Waals surface area contributed by atoms with Crippen LogP contribution in [-0.4, -0.2) is 33.3 Å². The molecule has 2 N–H and O–H groups in total. The molecule has 0 spiro atoms. The lowest BCUT2D eigenvalue weighted by molar-refractivity contribution is 0.321. The Labute approximate surface area is 147 Å². The van der Waals surface area contributed by atoms with Crippen molar-refractivity contribution in [3.8, 4) is 0 Å². The largest absolute Gasteiger partial charge is 0.328 e. The van der Waals surface area contributed by atoms with E-state index in [2.05, 4.69) is 41.2 Å². The summed E-state index contributed by atoms with van der Waals surface area (Å²) in [6.07, 6.45) is 2.07. The predicted octanol–water partition coefficient (Wildman–Crippen LogP) is 2.91. The van der Waals surface area contributed by atoms with Gasteiger partial charge in [0.05, 0.1) is 11.6 Å². The number of benzene rings is 2. The van der Waals surface area contributed by atoms with Crippen LogP contribution in [0, 0.1) is 6.92 Å². The summed E-state index contributed by atoms with van der Waals surface area (Å²) in [5.74, 6) is 0. The summed E-state index contributed by atoms with van der Waals surface area (Å²) in [5, 5.41) is 5.26. The average Bonchev–Trinajstić information content (AvgIpc) is 2.52. The Balaban J connectivity index is 2.07. The van der Waals surface area contributed by atoms with Crippen LogP contribution in [0.4, 0.5) is 11.4 Å². The third-order valence-corrected chi connectivity index (χ3v) is 5.99. The quantitative estimate of drug-likeness (QED) is 0.850. The molecule has 128 valence electrons. The number of aryl methyl sites for hydroxylation is 1. The van der Waals surface area contributed by atoms with Crippen molar-refractivity contribution >= 4 is 33.2 Å². The van der Waals surface area contributed by atoms with Crippen LogP contribution in [0.2, 0.25) is 0 Å². The molecular formula is C17H21N3O2S2. The van der Waals surface area contributed by atoms with E-state index < -0.39 is 10.0 Å². The van der Waals surface area contributed by atoms with Gasteiger partial charge in [-0.05, 0) is 67.8 Å². The van der Waals surface area contributed by atoms with E-state index in [1.54, 1.807) is 23.9 Å². The highest BCUT2D eigenvalue weighted by atomic mass is 32.2. The molecule has 1 aliphatic rings. The number of hydrogen-bond acceptors (Lipinski definition) is 5. The molecule has 0 bridgehead atoms. The smallest absolute Gasteiger partial charge is 0.238 e. The van der Waals surface area contributed by atoms with E-state index in [0.717, 1.165) is 23.6 Å². The molecule has 5 nitrogen and oxygen atoms in total. The number of thioether (sulfide) groups is 1. The first kappa shape index (κ1) is 17.3. The summed E-state index contributed by atoms with van der Waals surface area (Å²) in [4.78, 5) is 5.76. The number of anilines is 2. The highest BCUT2D eigenvalue weighted by molar-refractivity contribution is 7.98. The number of nitrogens with zero attached hydrogens (tertiary/aromatic N) is 2. The third-order valence-electron chi connectivity index (χ3n) is 4.18. The molecule has 0 aliphatic carbocycles. The van der Waals surface area contributed by atoms with E-state index in [0.29, 0.717) is 6.54 Å². The van der Waals surface area contributed by atoms with E-state index in [9.17, 15) is 8.42 Å². The van der Waals surface area contributed by atoms with Gasteiger partial charge in [0.2, 0.25) is 10.0 Å². The van der Waals surface area contributed by atoms with Crippen molar-refractivity contribution in [3.05, 3.63) is 47.5 Å². The molecule has 0 aromatic heterocycles. The van der Waals surface area contributed by atoms with Crippen molar-refractivity contribution in [2.75, 3.05) is 24.9 Å². The van der Waals surface area contributed by atoms with E-state index >= 15 is 0 Å². The van der Waals surface area contributed by atoms with Gasteiger partial charge < -0.3 is 4.90 Å². The summed E-state index contributed by atoms with van der Waals surface area (Å²) in [6.45, 7) is 3.55. The van der Waals surface area contributed by atoms with Gasteiger partial charge in [-0.1, -0.05) is 0 Å². The van der Waals surface area contributed by atoms with Crippen LogP contribution in [0.15, 0.2) is 46.2 Å². The van der Waals surface area contributed by atoms with Crippen LogP contribution in [0.5, 0.6) is 0 Å².